The van der Waals surface area contributed by atoms with Crippen LogP contribution in [0.2, 0.25) is 0 Å². The third-order valence-electron chi connectivity index (χ3n) is 11.1. The summed E-state index contributed by atoms with van der Waals surface area (Å²) in [4.78, 5) is 58.9. The number of amides is 3. The summed E-state index contributed by atoms with van der Waals surface area (Å²) in [5.41, 5.74) is 3.57. The van der Waals surface area contributed by atoms with Gasteiger partial charge in [-0.2, -0.15) is 0 Å². The molecule has 5 rings (SSSR count). The average Bonchev–Trinajstić information content (AvgIpc) is 3.60. The number of imide groups is 1. The van der Waals surface area contributed by atoms with Crippen LogP contribution in [0.1, 0.15) is 117 Å². The average molecular weight is 782 g/mol. The van der Waals surface area contributed by atoms with Crippen molar-refractivity contribution in [2.24, 2.45) is 17.3 Å². The van der Waals surface area contributed by atoms with Crippen molar-refractivity contribution in [3.05, 3.63) is 35.4 Å². The third-order valence-corrected chi connectivity index (χ3v) is 12.4. The number of H-pyrrole nitrogens is 1. The van der Waals surface area contributed by atoms with Gasteiger partial charge in [0.05, 0.1) is 5.52 Å². The van der Waals surface area contributed by atoms with Crippen molar-refractivity contribution in [2.45, 2.75) is 128 Å². The van der Waals surface area contributed by atoms with Gasteiger partial charge in [0.15, 0.2) is 0 Å². The van der Waals surface area contributed by atoms with E-state index in [1.807, 2.05) is 6.07 Å². The maximum absolute atomic E-state index is 12.8. The number of rotatable bonds is 17. The number of aromatic nitrogens is 1. The summed E-state index contributed by atoms with van der Waals surface area (Å²) in [5.74, 6) is 0.729. The molecule has 0 spiro atoms. The van der Waals surface area contributed by atoms with Crippen LogP contribution >= 0.6 is 0 Å². The van der Waals surface area contributed by atoms with Crippen LogP contribution in [-0.4, -0.2) is 104 Å². The van der Waals surface area contributed by atoms with E-state index in [1.165, 1.54) is 44.8 Å². The van der Waals surface area contributed by atoms with Crippen LogP contribution in [0.3, 0.4) is 0 Å². The van der Waals surface area contributed by atoms with Crippen molar-refractivity contribution in [3.63, 3.8) is 0 Å². The number of phenolic OH excluding ortho intramolecular Hbond substituents is 1. The summed E-state index contributed by atoms with van der Waals surface area (Å²) in [6, 6.07) is 3.96. The molecular formula is C43H67N5O6S. The molecule has 3 heterocycles. The van der Waals surface area contributed by atoms with Crippen molar-refractivity contribution in [1.29, 1.82) is 0 Å². The van der Waals surface area contributed by atoms with Gasteiger partial charge in [0, 0.05) is 112 Å². The topological polar surface area (TPSA) is 156 Å². The maximum Gasteiger partial charge on any atom is 0.253 e. The van der Waals surface area contributed by atoms with E-state index >= 15 is 0 Å². The highest BCUT2D eigenvalue weighted by atomic mass is 32.2. The number of phenols is 1. The Hall–Kier alpha value is -3.19. The molecule has 3 aliphatic rings. The van der Waals surface area contributed by atoms with Crippen LogP contribution in [0, 0.1) is 17.3 Å². The van der Waals surface area contributed by atoms with Crippen LogP contribution in [-0.2, 0) is 43.9 Å². The summed E-state index contributed by atoms with van der Waals surface area (Å²) in [6.07, 6.45) is 11.8. The molecule has 12 heteroatoms. The molecule has 1 aromatic heterocycles. The van der Waals surface area contributed by atoms with E-state index in [1.54, 1.807) is 0 Å². The molecule has 0 radical (unpaired) electrons. The molecule has 2 aromatic rings. The fraction of sp³-hybridized carbons (Fsp3) is 0.674. The lowest BCUT2D eigenvalue weighted by Gasteiger charge is -2.34. The SMILES string of the molecule is CC(C)(C)Cc1c([SH+]C(C)(C)C)[nH]c2c(CN3CCN(CCNC(=O)CCCCCCC(=O)C4CCC(CN5C(=O)C=CC5=O)CC4)CC3)c(O)ccc12.[OH-]. The molecular weight excluding hydrogens is 715 g/mol. The Morgan fingerprint density at radius 2 is 1.47 bits per heavy atom. The number of hydrogen-bond acceptors (Lipinski definition) is 8. The van der Waals surface area contributed by atoms with Gasteiger partial charge in [-0.25, -0.2) is 0 Å². The van der Waals surface area contributed by atoms with Crippen LogP contribution in [0.25, 0.3) is 10.9 Å². The zero-order chi connectivity index (χ0) is 39.0. The second-order valence-electron chi connectivity index (χ2n) is 18.1. The number of benzene rings is 1. The Labute approximate surface area is 332 Å². The van der Waals surface area contributed by atoms with Gasteiger partial charge >= 0.3 is 0 Å². The Morgan fingerprint density at radius 1 is 0.855 bits per heavy atom. The number of thiol groups is 1. The van der Waals surface area contributed by atoms with E-state index in [0.29, 0.717) is 44.0 Å². The van der Waals surface area contributed by atoms with Crippen LogP contribution in [0.4, 0.5) is 0 Å². The van der Waals surface area contributed by atoms with Crippen LogP contribution in [0.5, 0.6) is 5.75 Å². The van der Waals surface area contributed by atoms with Gasteiger partial charge in [-0.05, 0) is 89.2 Å². The predicted molar refractivity (Wildman–Crippen MR) is 221 cm³/mol. The first-order chi connectivity index (χ1) is 25.6. The monoisotopic (exact) mass is 781 g/mol. The van der Waals surface area contributed by atoms with Crippen LogP contribution in [0.15, 0.2) is 29.3 Å². The number of nitrogens with one attached hydrogen (secondary N) is 2. The summed E-state index contributed by atoms with van der Waals surface area (Å²) < 4.78 is 0.124. The minimum Gasteiger partial charge on any atom is -0.870 e. The summed E-state index contributed by atoms with van der Waals surface area (Å²) in [6.45, 7) is 20.0. The molecule has 1 aromatic carbocycles. The number of ketones is 1. The number of aromatic amines is 1. The van der Waals surface area contributed by atoms with E-state index in [0.717, 1.165) is 102 Å². The highest BCUT2D eigenvalue weighted by Crippen LogP contribution is 2.37. The number of hydrogen-bond donors (Lipinski definition) is 3. The molecule has 1 saturated heterocycles. The zero-order valence-electron chi connectivity index (χ0n) is 34.2. The molecule has 0 bridgehead atoms. The fourth-order valence-corrected chi connectivity index (χ4v) is 9.34. The fourth-order valence-electron chi connectivity index (χ4n) is 8.17. The van der Waals surface area contributed by atoms with E-state index in [2.05, 4.69) is 67.7 Å². The van der Waals surface area contributed by atoms with E-state index < -0.39 is 0 Å². The Bertz CT molecular complexity index is 1640. The summed E-state index contributed by atoms with van der Waals surface area (Å²) in [5, 5.41) is 16.6. The number of carbonyl (C=O) groups excluding carboxylic acids is 4. The quantitative estimate of drug-likeness (QED) is 0.0750. The first-order valence-corrected chi connectivity index (χ1v) is 21.3. The van der Waals surface area contributed by atoms with Crippen molar-refractivity contribution < 1.29 is 29.8 Å². The molecule has 306 valence electrons. The van der Waals surface area contributed by atoms with Crippen molar-refractivity contribution >= 4 is 46.2 Å². The number of unbranched alkanes of at least 4 members (excludes halogenated alkanes) is 3. The molecule has 11 nitrogen and oxygen atoms in total. The van der Waals surface area contributed by atoms with Crippen molar-refractivity contribution in [1.82, 2.24) is 25.0 Å². The molecule has 3 amide bonds. The normalized spacial score (nSPS) is 20.0. The Morgan fingerprint density at radius 3 is 2.09 bits per heavy atom. The zero-order valence-corrected chi connectivity index (χ0v) is 35.1. The lowest BCUT2D eigenvalue weighted by Crippen LogP contribution is -2.48. The van der Waals surface area contributed by atoms with Gasteiger partial charge in [-0.15, -0.1) is 0 Å². The van der Waals surface area contributed by atoms with Gasteiger partial charge in [-0.3, -0.25) is 33.9 Å². The number of carbonyl (C=O) groups is 4. The largest absolute Gasteiger partial charge is 0.870 e. The molecule has 2 fully saturated rings. The second-order valence-corrected chi connectivity index (χ2v) is 20.2. The highest BCUT2D eigenvalue weighted by Gasteiger charge is 2.32. The molecule has 0 unspecified atom stereocenters. The van der Waals surface area contributed by atoms with Gasteiger partial charge in [0.25, 0.3) is 11.8 Å². The number of fused-ring (bicyclic) bond motifs is 1. The Balaban J connectivity index is 0.00000673. The first kappa shape index (κ1) is 44.5. The van der Waals surface area contributed by atoms with Crippen molar-refractivity contribution in [3.8, 4) is 5.75 Å². The maximum atomic E-state index is 12.8. The van der Waals surface area contributed by atoms with E-state index in [4.69, 9.17) is 0 Å². The lowest BCUT2D eigenvalue weighted by atomic mass is 9.79. The smallest absolute Gasteiger partial charge is 0.253 e. The minimum atomic E-state index is -0.225. The number of aromatic hydroxyl groups is 1. The molecule has 1 saturated carbocycles. The molecule has 0 atom stereocenters. The van der Waals surface area contributed by atoms with Gasteiger partial charge in [-0.1, -0.05) is 33.6 Å². The summed E-state index contributed by atoms with van der Waals surface area (Å²) >= 11 is 1.26. The van der Waals surface area contributed by atoms with Crippen molar-refractivity contribution in [2.75, 3.05) is 45.8 Å². The number of nitrogens with zero attached hydrogens (tertiary/aromatic N) is 3. The van der Waals surface area contributed by atoms with Gasteiger partial charge in [0.2, 0.25) is 10.9 Å². The lowest BCUT2D eigenvalue weighted by molar-refractivity contribution is -0.138. The first-order valence-electron chi connectivity index (χ1n) is 20.4. The molecule has 55 heavy (non-hydrogen) atoms. The minimum absolute atomic E-state index is 0. The summed E-state index contributed by atoms with van der Waals surface area (Å²) in [7, 11) is 0. The van der Waals surface area contributed by atoms with Crippen LogP contribution < -0.4 is 5.32 Å². The number of Topliss-reactive ketones (excluding diaryl/α,β-unsaturated/α-hetero) is 1. The Kier molecular flexibility index (Phi) is 16.0. The van der Waals surface area contributed by atoms with E-state index in [-0.39, 0.29) is 45.2 Å². The molecule has 4 N–H and O–H groups in total. The van der Waals surface area contributed by atoms with E-state index in [9.17, 15) is 24.3 Å². The molecule has 1 aliphatic carbocycles. The third kappa shape index (κ3) is 13.2. The standard InChI is InChI=1S/C43H65N5O5S.H2O/c1-42(2,3)27-33-32-17-18-36(50)34(40(32)45-41(33)54-43(4,5)6)29-47-25-23-46(24-26-47)22-21-44-37(51)12-10-8-7-9-11-35(49)31-15-13-30(14-16-31)28-48-38(52)19-20-39(48)53;/h17-20,30-31,45,50H,7-16,21-29H2,1-6H3,(H,44,51);1H2. The highest BCUT2D eigenvalue weighted by molar-refractivity contribution is 7.80. The van der Waals surface area contributed by atoms with Gasteiger partial charge in [0.1, 0.15) is 16.3 Å². The number of piperazine rings is 1. The molecule has 2 aliphatic heterocycles. The second kappa shape index (κ2) is 19.8. The van der Waals surface area contributed by atoms with Gasteiger partial charge < -0.3 is 20.9 Å². The predicted octanol–water partition coefficient (Wildman–Crippen LogP) is 6.13.